The van der Waals surface area contributed by atoms with Gasteiger partial charge in [0.25, 0.3) is 17.7 Å². The molecule has 0 radical (unpaired) electrons. The molecule has 3 fully saturated rings. The number of hydrogen-bond acceptors (Lipinski definition) is 3. The molecule has 7 heteroatoms. The van der Waals surface area contributed by atoms with E-state index >= 15 is 0 Å². The van der Waals surface area contributed by atoms with Gasteiger partial charge in [-0.3, -0.25) is 19.8 Å². The first-order chi connectivity index (χ1) is 12.0. The number of allylic oxidation sites excluding steroid dienone is 2. The van der Waals surface area contributed by atoms with Crippen LogP contribution in [-0.2, 0) is 9.59 Å². The van der Waals surface area contributed by atoms with E-state index in [4.69, 9.17) is 23.2 Å². The van der Waals surface area contributed by atoms with Gasteiger partial charge in [0, 0.05) is 5.56 Å². The van der Waals surface area contributed by atoms with Gasteiger partial charge in [-0.2, -0.15) is 5.01 Å². The topological polar surface area (TPSA) is 66.5 Å². The van der Waals surface area contributed by atoms with Crippen molar-refractivity contribution >= 4 is 40.9 Å². The third-order valence-electron chi connectivity index (χ3n) is 6.06. The fraction of sp³-hybridized carbons (Fsp3) is 0.389. The number of rotatable bonds is 2. The van der Waals surface area contributed by atoms with Crippen LogP contribution in [0.2, 0.25) is 10.0 Å². The minimum Gasteiger partial charge on any atom is -0.272 e. The second kappa shape index (κ2) is 5.08. The van der Waals surface area contributed by atoms with Gasteiger partial charge in [-0.25, -0.2) is 0 Å². The summed E-state index contributed by atoms with van der Waals surface area (Å²) in [5.74, 6) is -0.504. The van der Waals surface area contributed by atoms with Crippen LogP contribution >= 0.6 is 23.2 Å². The van der Waals surface area contributed by atoms with E-state index in [-0.39, 0.29) is 46.1 Å². The highest BCUT2D eigenvalue weighted by molar-refractivity contribution is 6.42. The standard InChI is InChI=1S/C18H14Cl2N2O3/c19-12-4-1-7(5-13(12)20)16(23)21-22-17(24)14-8-2-3-9(11-6-10(8)11)15(14)18(22)25/h1-5,8-11,14-15H,6H2,(H,21,23)/t8-,9-,10-,11-,14+,15+/m0/s1. The van der Waals surface area contributed by atoms with Gasteiger partial charge in [-0.05, 0) is 48.3 Å². The molecule has 5 aliphatic rings. The molecule has 5 nitrogen and oxygen atoms in total. The predicted molar refractivity (Wildman–Crippen MR) is 90.5 cm³/mol. The summed E-state index contributed by atoms with van der Waals surface area (Å²) in [6.07, 6.45) is 5.29. The van der Waals surface area contributed by atoms with Crippen LogP contribution in [0.4, 0.5) is 0 Å². The highest BCUT2D eigenvalue weighted by atomic mass is 35.5. The van der Waals surface area contributed by atoms with E-state index < -0.39 is 5.91 Å². The maximum atomic E-state index is 12.8. The molecule has 1 aromatic rings. The number of amides is 3. The predicted octanol–water partition coefficient (Wildman–Crippen LogP) is 2.69. The SMILES string of the molecule is O=C(NN1C(=O)[C@@H]2[C@H]3C=C[C@@H]([C@@H]4C[C@@H]34)[C@H]2C1=O)c1ccc(Cl)c(Cl)c1. The molecular formula is C18H14Cl2N2O3. The van der Waals surface area contributed by atoms with Crippen LogP contribution in [0.15, 0.2) is 30.4 Å². The normalized spacial score (nSPS) is 37.1. The van der Waals surface area contributed by atoms with Crippen LogP contribution in [-0.4, -0.2) is 22.7 Å². The van der Waals surface area contributed by atoms with E-state index in [1.165, 1.54) is 18.2 Å². The summed E-state index contributed by atoms with van der Waals surface area (Å²) in [6, 6.07) is 4.42. The Bertz CT molecular complexity index is 832. The van der Waals surface area contributed by atoms with E-state index in [2.05, 4.69) is 17.6 Å². The van der Waals surface area contributed by atoms with E-state index in [1.54, 1.807) is 0 Å². The van der Waals surface area contributed by atoms with Gasteiger partial charge in [-0.15, -0.1) is 0 Å². The third kappa shape index (κ3) is 2.06. The first-order valence-corrected chi connectivity index (χ1v) is 9.05. The Balaban J connectivity index is 1.40. The number of nitrogens with zero attached hydrogens (tertiary/aromatic N) is 1. The van der Waals surface area contributed by atoms with Crippen molar-refractivity contribution in [3.05, 3.63) is 46.0 Å². The monoisotopic (exact) mass is 376 g/mol. The van der Waals surface area contributed by atoms with E-state index in [1.807, 2.05) is 0 Å². The highest BCUT2D eigenvalue weighted by Crippen LogP contribution is 2.65. The first-order valence-electron chi connectivity index (χ1n) is 8.29. The van der Waals surface area contributed by atoms with E-state index in [0.717, 1.165) is 11.4 Å². The quantitative estimate of drug-likeness (QED) is 0.637. The summed E-state index contributed by atoms with van der Waals surface area (Å²) in [5.41, 5.74) is 2.71. The summed E-state index contributed by atoms with van der Waals surface area (Å²) in [4.78, 5) is 38.0. The first kappa shape index (κ1) is 15.4. The maximum absolute atomic E-state index is 12.8. The fourth-order valence-corrected chi connectivity index (χ4v) is 5.17. The molecule has 1 saturated heterocycles. The number of imide groups is 1. The molecule has 2 bridgehead atoms. The van der Waals surface area contributed by atoms with Crippen molar-refractivity contribution < 1.29 is 14.4 Å². The van der Waals surface area contributed by atoms with Crippen molar-refractivity contribution in [2.75, 3.05) is 0 Å². The number of benzene rings is 1. The highest BCUT2D eigenvalue weighted by Gasteiger charge is 2.67. The fourth-order valence-electron chi connectivity index (χ4n) is 4.87. The molecule has 128 valence electrons. The van der Waals surface area contributed by atoms with Gasteiger partial charge in [0.2, 0.25) is 0 Å². The number of nitrogens with one attached hydrogen (secondary N) is 1. The summed E-state index contributed by atoms with van der Waals surface area (Å²) in [7, 11) is 0. The number of carbonyl (C=O) groups excluding carboxylic acids is 3. The van der Waals surface area contributed by atoms with Crippen molar-refractivity contribution in [1.82, 2.24) is 10.4 Å². The number of carbonyl (C=O) groups is 3. The average Bonchev–Trinajstić information content (AvgIpc) is 3.38. The molecule has 1 heterocycles. The van der Waals surface area contributed by atoms with Gasteiger partial charge in [0.1, 0.15) is 0 Å². The second-order valence-electron chi connectivity index (χ2n) is 7.24. The Kier molecular flexibility index (Phi) is 3.13. The van der Waals surface area contributed by atoms with E-state index in [9.17, 15) is 14.4 Å². The average molecular weight is 377 g/mol. The van der Waals surface area contributed by atoms with Gasteiger partial charge >= 0.3 is 0 Å². The third-order valence-corrected chi connectivity index (χ3v) is 6.80. The Morgan fingerprint density at radius 2 is 1.60 bits per heavy atom. The number of halogens is 2. The molecule has 1 aliphatic heterocycles. The van der Waals surface area contributed by atoms with Crippen LogP contribution in [0.3, 0.4) is 0 Å². The molecule has 4 aliphatic carbocycles. The Morgan fingerprint density at radius 1 is 1.00 bits per heavy atom. The summed E-state index contributed by atoms with van der Waals surface area (Å²) < 4.78 is 0. The van der Waals surface area contributed by atoms with Gasteiger partial charge in [-0.1, -0.05) is 35.4 Å². The van der Waals surface area contributed by atoms with Crippen molar-refractivity contribution in [3.8, 4) is 0 Å². The smallest absolute Gasteiger partial charge is 0.270 e. The second-order valence-corrected chi connectivity index (χ2v) is 8.05. The lowest BCUT2D eigenvalue weighted by molar-refractivity contribution is -0.143. The lowest BCUT2D eigenvalue weighted by atomic mass is 9.63. The van der Waals surface area contributed by atoms with Crippen molar-refractivity contribution in [2.24, 2.45) is 35.5 Å². The van der Waals surface area contributed by atoms with Crippen LogP contribution in [0.5, 0.6) is 0 Å². The molecule has 1 N–H and O–H groups in total. The molecule has 0 aromatic heterocycles. The van der Waals surface area contributed by atoms with Gasteiger partial charge < -0.3 is 0 Å². The molecule has 25 heavy (non-hydrogen) atoms. The zero-order chi connectivity index (χ0) is 17.5. The molecule has 1 aromatic carbocycles. The van der Waals surface area contributed by atoms with Crippen LogP contribution in [0, 0.1) is 35.5 Å². The van der Waals surface area contributed by atoms with Gasteiger partial charge in [0.15, 0.2) is 0 Å². The number of hydrogen-bond donors (Lipinski definition) is 1. The van der Waals surface area contributed by atoms with Crippen molar-refractivity contribution in [2.45, 2.75) is 6.42 Å². The lowest BCUT2D eigenvalue weighted by Gasteiger charge is -2.37. The zero-order valence-electron chi connectivity index (χ0n) is 13.0. The largest absolute Gasteiger partial charge is 0.272 e. The minimum atomic E-state index is -0.552. The van der Waals surface area contributed by atoms with Crippen LogP contribution in [0.1, 0.15) is 16.8 Å². The maximum Gasteiger partial charge on any atom is 0.270 e. The number of hydrazine groups is 1. The van der Waals surface area contributed by atoms with Crippen molar-refractivity contribution in [3.63, 3.8) is 0 Å². The molecule has 2 saturated carbocycles. The Labute approximate surface area is 153 Å². The molecule has 6 rings (SSSR count). The van der Waals surface area contributed by atoms with Gasteiger partial charge in [0.05, 0.1) is 21.9 Å². The summed E-state index contributed by atoms with van der Waals surface area (Å²) >= 11 is 11.8. The molecule has 3 amide bonds. The Hall–Kier alpha value is -1.85. The molecule has 0 unspecified atom stereocenters. The summed E-state index contributed by atoms with van der Waals surface area (Å²) in [6.45, 7) is 0. The molecule has 6 atom stereocenters. The molecular weight excluding hydrogens is 363 g/mol. The zero-order valence-corrected chi connectivity index (χ0v) is 14.5. The summed E-state index contributed by atoms with van der Waals surface area (Å²) in [5, 5.41) is 1.49. The van der Waals surface area contributed by atoms with Crippen LogP contribution < -0.4 is 5.43 Å². The lowest BCUT2D eigenvalue weighted by Crippen LogP contribution is -2.46. The molecule has 0 spiro atoms. The minimum absolute atomic E-state index is 0.128. The van der Waals surface area contributed by atoms with E-state index in [0.29, 0.717) is 16.9 Å². The van der Waals surface area contributed by atoms with Crippen molar-refractivity contribution in [1.29, 1.82) is 0 Å². The Morgan fingerprint density at radius 3 is 2.16 bits per heavy atom. The van der Waals surface area contributed by atoms with Crippen LogP contribution in [0.25, 0.3) is 0 Å².